The lowest BCUT2D eigenvalue weighted by atomic mass is 10.2. The molecule has 1 saturated carbocycles. The number of hydrogen-bond acceptors (Lipinski definition) is 3. The standard InChI is InChI=1S/C11H20N2O2/c1-2-13(8-9-4-3-7-15-9)10(14)11(12)5-6-11/h9H,2-8,12H2,1H3. The number of carbonyl (C=O) groups excluding carboxylic acids is 1. The quantitative estimate of drug-likeness (QED) is 0.738. The van der Waals surface area contributed by atoms with Gasteiger partial charge in [0.25, 0.3) is 0 Å². The van der Waals surface area contributed by atoms with Crippen molar-refractivity contribution in [2.75, 3.05) is 19.7 Å². The number of rotatable bonds is 4. The molecule has 0 bridgehead atoms. The normalized spacial score (nSPS) is 27.7. The van der Waals surface area contributed by atoms with Crippen molar-refractivity contribution in [1.29, 1.82) is 0 Å². The Kier molecular flexibility index (Phi) is 2.98. The first-order chi connectivity index (χ1) is 7.15. The first-order valence-corrected chi connectivity index (χ1v) is 5.85. The second-order valence-corrected chi connectivity index (χ2v) is 4.63. The van der Waals surface area contributed by atoms with Crippen molar-refractivity contribution in [2.24, 2.45) is 5.73 Å². The van der Waals surface area contributed by atoms with Gasteiger partial charge >= 0.3 is 0 Å². The first kappa shape index (κ1) is 10.9. The zero-order valence-corrected chi connectivity index (χ0v) is 9.37. The number of amides is 1. The molecule has 4 heteroatoms. The fraction of sp³-hybridized carbons (Fsp3) is 0.909. The average Bonchev–Trinajstić information content (AvgIpc) is 2.80. The van der Waals surface area contributed by atoms with Gasteiger partial charge in [-0.15, -0.1) is 0 Å². The van der Waals surface area contributed by atoms with Crippen LogP contribution in [-0.2, 0) is 9.53 Å². The van der Waals surface area contributed by atoms with Crippen LogP contribution in [-0.4, -0.2) is 42.1 Å². The number of nitrogens with two attached hydrogens (primary N) is 1. The molecule has 0 aromatic rings. The minimum Gasteiger partial charge on any atom is -0.376 e. The summed E-state index contributed by atoms with van der Waals surface area (Å²) in [5.74, 6) is 0.112. The average molecular weight is 212 g/mol. The maximum Gasteiger partial charge on any atom is 0.242 e. The van der Waals surface area contributed by atoms with Crippen LogP contribution in [0.2, 0.25) is 0 Å². The Balaban J connectivity index is 1.88. The highest BCUT2D eigenvalue weighted by Crippen LogP contribution is 2.34. The summed E-state index contributed by atoms with van der Waals surface area (Å²) >= 11 is 0. The SMILES string of the molecule is CCN(CC1CCCO1)C(=O)C1(N)CC1. The highest BCUT2D eigenvalue weighted by molar-refractivity contribution is 5.89. The van der Waals surface area contributed by atoms with Gasteiger partial charge < -0.3 is 15.4 Å². The van der Waals surface area contributed by atoms with Crippen molar-refractivity contribution in [3.05, 3.63) is 0 Å². The van der Waals surface area contributed by atoms with Gasteiger partial charge in [0.1, 0.15) is 0 Å². The third-order valence-corrected chi connectivity index (χ3v) is 3.33. The summed E-state index contributed by atoms with van der Waals surface area (Å²) in [5.41, 5.74) is 5.38. The Morgan fingerprint density at radius 3 is 2.80 bits per heavy atom. The van der Waals surface area contributed by atoms with E-state index in [-0.39, 0.29) is 12.0 Å². The molecule has 0 radical (unpaired) electrons. The maximum absolute atomic E-state index is 12.0. The lowest BCUT2D eigenvalue weighted by Gasteiger charge is -2.26. The van der Waals surface area contributed by atoms with Crippen LogP contribution in [0.4, 0.5) is 0 Å². The highest BCUT2D eigenvalue weighted by atomic mass is 16.5. The minimum absolute atomic E-state index is 0.112. The van der Waals surface area contributed by atoms with Crippen LogP contribution < -0.4 is 5.73 Å². The summed E-state index contributed by atoms with van der Waals surface area (Å²) in [6.45, 7) is 4.29. The second-order valence-electron chi connectivity index (χ2n) is 4.63. The monoisotopic (exact) mass is 212 g/mol. The van der Waals surface area contributed by atoms with Gasteiger partial charge in [0.2, 0.25) is 5.91 Å². The number of ether oxygens (including phenoxy) is 1. The van der Waals surface area contributed by atoms with Crippen molar-refractivity contribution >= 4 is 5.91 Å². The van der Waals surface area contributed by atoms with Crippen molar-refractivity contribution in [2.45, 2.75) is 44.2 Å². The number of nitrogens with zero attached hydrogens (tertiary/aromatic N) is 1. The molecule has 2 fully saturated rings. The van der Waals surface area contributed by atoms with Gasteiger partial charge in [0.05, 0.1) is 11.6 Å². The predicted octanol–water partition coefficient (Wildman–Crippen LogP) is 0.505. The molecule has 0 aromatic carbocycles. The number of carbonyl (C=O) groups is 1. The fourth-order valence-corrected chi connectivity index (χ4v) is 2.05. The number of hydrogen-bond donors (Lipinski definition) is 1. The molecule has 86 valence electrons. The summed E-state index contributed by atoms with van der Waals surface area (Å²) in [6, 6.07) is 0. The first-order valence-electron chi connectivity index (χ1n) is 5.85. The molecule has 15 heavy (non-hydrogen) atoms. The lowest BCUT2D eigenvalue weighted by molar-refractivity contribution is -0.134. The van der Waals surface area contributed by atoms with Gasteiger partial charge in [-0.1, -0.05) is 0 Å². The molecule has 2 rings (SSSR count). The molecule has 1 atom stereocenters. The smallest absolute Gasteiger partial charge is 0.242 e. The Hall–Kier alpha value is -0.610. The highest BCUT2D eigenvalue weighted by Gasteiger charge is 2.48. The van der Waals surface area contributed by atoms with Gasteiger partial charge in [-0.25, -0.2) is 0 Å². The van der Waals surface area contributed by atoms with E-state index in [2.05, 4.69) is 0 Å². The van der Waals surface area contributed by atoms with Crippen molar-refractivity contribution < 1.29 is 9.53 Å². The van der Waals surface area contributed by atoms with E-state index in [0.717, 1.165) is 38.8 Å². The van der Waals surface area contributed by atoms with Crippen LogP contribution in [0.15, 0.2) is 0 Å². The van der Waals surface area contributed by atoms with Gasteiger partial charge in [-0.05, 0) is 32.6 Å². The molecule has 0 spiro atoms. The zero-order chi connectivity index (χ0) is 10.9. The maximum atomic E-state index is 12.0. The fourth-order valence-electron chi connectivity index (χ4n) is 2.05. The van der Waals surface area contributed by atoms with Gasteiger partial charge in [-0.2, -0.15) is 0 Å². The van der Waals surface area contributed by atoms with E-state index in [1.807, 2.05) is 11.8 Å². The van der Waals surface area contributed by atoms with E-state index in [1.165, 1.54) is 0 Å². The molecule has 1 saturated heterocycles. The van der Waals surface area contributed by atoms with E-state index in [1.54, 1.807) is 0 Å². The molecule has 2 aliphatic rings. The van der Waals surface area contributed by atoms with E-state index >= 15 is 0 Å². The van der Waals surface area contributed by atoms with Crippen molar-refractivity contribution in [3.63, 3.8) is 0 Å². The van der Waals surface area contributed by atoms with Crippen LogP contribution >= 0.6 is 0 Å². The minimum atomic E-state index is -0.533. The molecule has 1 unspecified atom stereocenters. The Bertz CT molecular complexity index is 245. The van der Waals surface area contributed by atoms with Crippen LogP contribution in [0.1, 0.15) is 32.6 Å². The van der Waals surface area contributed by atoms with Crippen LogP contribution in [0.25, 0.3) is 0 Å². The van der Waals surface area contributed by atoms with Crippen molar-refractivity contribution in [3.8, 4) is 0 Å². The predicted molar refractivity (Wildman–Crippen MR) is 57.4 cm³/mol. The molecular formula is C11H20N2O2. The largest absolute Gasteiger partial charge is 0.376 e. The summed E-state index contributed by atoms with van der Waals surface area (Å²) in [7, 11) is 0. The molecule has 4 nitrogen and oxygen atoms in total. The molecule has 1 aliphatic heterocycles. The lowest BCUT2D eigenvalue weighted by Crippen LogP contribution is -2.48. The topological polar surface area (TPSA) is 55.6 Å². The number of likely N-dealkylation sites (N-methyl/N-ethyl adjacent to an activating group) is 1. The summed E-state index contributed by atoms with van der Waals surface area (Å²) in [4.78, 5) is 13.8. The zero-order valence-electron chi connectivity index (χ0n) is 9.37. The molecule has 0 aromatic heterocycles. The van der Waals surface area contributed by atoms with Crippen LogP contribution in [0, 0.1) is 0 Å². The van der Waals surface area contributed by atoms with Crippen LogP contribution in [0.3, 0.4) is 0 Å². The Labute approximate surface area is 90.8 Å². The molecule has 2 N–H and O–H groups in total. The van der Waals surface area contributed by atoms with E-state index in [9.17, 15) is 4.79 Å². The Morgan fingerprint density at radius 1 is 1.60 bits per heavy atom. The molecule has 1 heterocycles. The van der Waals surface area contributed by atoms with Crippen molar-refractivity contribution in [1.82, 2.24) is 4.90 Å². The molecule has 1 amide bonds. The van der Waals surface area contributed by atoms with Gasteiger partial charge in [0.15, 0.2) is 0 Å². The third-order valence-electron chi connectivity index (χ3n) is 3.33. The summed E-state index contributed by atoms with van der Waals surface area (Å²) in [6.07, 6.45) is 4.10. The van der Waals surface area contributed by atoms with E-state index in [0.29, 0.717) is 6.54 Å². The van der Waals surface area contributed by atoms with E-state index < -0.39 is 5.54 Å². The molecule has 1 aliphatic carbocycles. The van der Waals surface area contributed by atoms with Crippen LogP contribution in [0.5, 0.6) is 0 Å². The summed E-state index contributed by atoms with van der Waals surface area (Å²) in [5, 5.41) is 0. The van der Waals surface area contributed by atoms with E-state index in [4.69, 9.17) is 10.5 Å². The van der Waals surface area contributed by atoms with Gasteiger partial charge in [-0.3, -0.25) is 4.79 Å². The Morgan fingerprint density at radius 2 is 2.33 bits per heavy atom. The third kappa shape index (κ3) is 2.32. The second kappa shape index (κ2) is 4.10. The summed E-state index contributed by atoms with van der Waals surface area (Å²) < 4.78 is 5.53. The molecular weight excluding hydrogens is 192 g/mol. The van der Waals surface area contributed by atoms with Gasteiger partial charge in [0, 0.05) is 19.7 Å².